The van der Waals surface area contributed by atoms with Crippen LogP contribution in [0.3, 0.4) is 0 Å². The van der Waals surface area contributed by atoms with E-state index < -0.39 is 40.7 Å². The first-order valence-electron chi connectivity index (χ1n) is 12.0. The molecule has 2 saturated heterocycles. The molecule has 10 heteroatoms. The van der Waals surface area contributed by atoms with Crippen molar-refractivity contribution >= 4 is 35.0 Å². The lowest BCUT2D eigenvalue weighted by atomic mass is 9.83. The molecular formula is C28H19N3O7. The third kappa shape index (κ3) is 3.03. The number of anilines is 1. The average molecular weight is 509 g/mol. The SMILES string of the molecule is O=C(c1ccc([N+](=O)[O-])cc1)[C@@H]1[C@@H]2C(=O)N(c3ccc4c(c3)OCO4)C(=O)[C@@H]2C2c3ccccc3C=CN21. The summed E-state index contributed by atoms with van der Waals surface area (Å²) < 4.78 is 10.8. The van der Waals surface area contributed by atoms with Gasteiger partial charge >= 0.3 is 0 Å². The number of nitrogens with zero attached hydrogens (tertiary/aromatic N) is 3. The fourth-order valence-corrected chi connectivity index (χ4v) is 6.05. The molecule has 0 bridgehead atoms. The van der Waals surface area contributed by atoms with Gasteiger partial charge in [0.2, 0.25) is 18.6 Å². The van der Waals surface area contributed by atoms with Crippen LogP contribution in [-0.4, -0.2) is 40.3 Å². The summed E-state index contributed by atoms with van der Waals surface area (Å²) in [4.78, 5) is 55.4. The smallest absolute Gasteiger partial charge is 0.269 e. The Morgan fingerprint density at radius 2 is 1.66 bits per heavy atom. The highest BCUT2D eigenvalue weighted by Crippen LogP contribution is 2.54. The molecule has 4 atom stereocenters. The molecule has 1 unspecified atom stereocenters. The number of hydrogen-bond donors (Lipinski definition) is 0. The van der Waals surface area contributed by atoms with Crippen LogP contribution in [0.4, 0.5) is 11.4 Å². The van der Waals surface area contributed by atoms with E-state index in [1.807, 2.05) is 30.3 Å². The lowest BCUT2D eigenvalue weighted by molar-refractivity contribution is -0.384. The van der Waals surface area contributed by atoms with Gasteiger partial charge in [0.1, 0.15) is 6.04 Å². The lowest BCUT2D eigenvalue weighted by Crippen LogP contribution is -2.44. The van der Waals surface area contributed by atoms with Crippen LogP contribution >= 0.6 is 0 Å². The van der Waals surface area contributed by atoms with E-state index >= 15 is 0 Å². The highest BCUT2D eigenvalue weighted by molar-refractivity contribution is 6.24. The second kappa shape index (κ2) is 8.01. The van der Waals surface area contributed by atoms with Crippen molar-refractivity contribution in [2.75, 3.05) is 11.7 Å². The Morgan fingerprint density at radius 3 is 2.45 bits per heavy atom. The largest absolute Gasteiger partial charge is 0.454 e. The van der Waals surface area contributed by atoms with Gasteiger partial charge in [0.05, 0.1) is 28.5 Å². The molecule has 0 N–H and O–H groups in total. The van der Waals surface area contributed by atoms with E-state index in [0.29, 0.717) is 17.2 Å². The zero-order valence-corrected chi connectivity index (χ0v) is 19.7. The standard InChI is InChI=1S/C28H19N3O7/c32-26(16-5-7-17(8-6-16)31(35)36)25-23-22(24-19-4-2-1-3-15(19)11-12-29(24)25)27(33)30(28(23)34)18-9-10-20-21(13-18)38-14-37-20/h1-13,22-25H,14H2/t22-,23+,24?,25-/m0/s1. The number of imide groups is 1. The van der Waals surface area contributed by atoms with Gasteiger partial charge in [-0.15, -0.1) is 0 Å². The summed E-state index contributed by atoms with van der Waals surface area (Å²) in [6, 6.07) is 16.3. The molecule has 0 saturated carbocycles. The van der Waals surface area contributed by atoms with Crippen molar-refractivity contribution in [3.05, 3.63) is 99.7 Å². The first-order valence-corrected chi connectivity index (χ1v) is 12.0. The monoisotopic (exact) mass is 509 g/mol. The fraction of sp³-hybridized carbons (Fsp3) is 0.179. The Kier molecular flexibility index (Phi) is 4.68. The third-order valence-electron chi connectivity index (χ3n) is 7.71. The van der Waals surface area contributed by atoms with Crippen molar-refractivity contribution in [2.45, 2.75) is 12.1 Å². The van der Waals surface area contributed by atoms with Crippen LogP contribution in [0.5, 0.6) is 11.5 Å². The number of benzene rings is 3. The number of amides is 2. The maximum absolute atomic E-state index is 14.0. The predicted octanol–water partition coefficient (Wildman–Crippen LogP) is 3.72. The quantitative estimate of drug-likeness (QED) is 0.226. The molecule has 0 radical (unpaired) electrons. The Morgan fingerprint density at radius 1 is 0.921 bits per heavy atom. The molecule has 2 amide bonds. The van der Waals surface area contributed by atoms with E-state index in [2.05, 4.69) is 0 Å². The van der Waals surface area contributed by atoms with E-state index in [0.717, 1.165) is 16.0 Å². The summed E-state index contributed by atoms with van der Waals surface area (Å²) in [7, 11) is 0. The molecule has 2 fully saturated rings. The molecule has 0 aromatic heterocycles. The molecular weight excluding hydrogens is 490 g/mol. The maximum atomic E-state index is 14.0. The van der Waals surface area contributed by atoms with Crippen molar-refractivity contribution in [2.24, 2.45) is 11.8 Å². The molecule has 188 valence electrons. The number of non-ortho nitro benzene ring substituents is 1. The van der Waals surface area contributed by atoms with E-state index in [1.54, 1.807) is 29.3 Å². The number of carbonyl (C=O) groups is 3. The number of carbonyl (C=O) groups excluding carboxylic acids is 3. The van der Waals surface area contributed by atoms with Gasteiger partial charge in [-0.3, -0.25) is 24.5 Å². The molecule has 4 aliphatic rings. The second-order valence-corrected chi connectivity index (χ2v) is 9.55. The van der Waals surface area contributed by atoms with Crippen molar-refractivity contribution in [3.8, 4) is 11.5 Å². The van der Waals surface area contributed by atoms with Gasteiger partial charge in [-0.05, 0) is 41.5 Å². The van der Waals surface area contributed by atoms with Crippen LogP contribution in [0.15, 0.2) is 72.9 Å². The zero-order chi connectivity index (χ0) is 26.1. The van der Waals surface area contributed by atoms with Gasteiger partial charge in [0, 0.05) is 30.0 Å². The van der Waals surface area contributed by atoms with Crippen LogP contribution in [-0.2, 0) is 9.59 Å². The van der Waals surface area contributed by atoms with Gasteiger partial charge in [-0.2, -0.15) is 0 Å². The number of nitro groups is 1. The minimum atomic E-state index is -0.966. The summed E-state index contributed by atoms with van der Waals surface area (Å²) >= 11 is 0. The van der Waals surface area contributed by atoms with Crippen LogP contribution < -0.4 is 14.4 Å². The van der Waals surface area contributed by atoms with Crippen molar-refractivity contribution in [1.29, 1.82) is 0 Å². The highest BCUT2D eigenvalue weighted by Gasteiger charge is 2.64. The van der Waals surface area contributed by atoms with Gasteiger partial charge in [-0.1, -0.05) is 24.3 Å². The van der Waals surface area contributed by atoms with Crippen molar-refractivity contribution < 1.29 is 28.8 Å². The number of ketones is 1. The maximum Gasteiger partial charge on any atom is 0.269 e. The van der Waals surface area contributed by atoms with Gasteiger partial charge in [0.25, 0.3) is 5.69 Å². The predicted molar refractivity (Wildman–Crippen MR) is 133 cm³/mol. The number of ether oxygens (including phenoxy) is 2. The van der Waals surface area contributed by atoms with Gasteiger partial charge < -0.3 is 14.4 Å². The van der Waals surface area contributed by atoms with Crippen molar-refractivity contribution in [3.63, 3.8) is 0 Å². The van der Waals surface area contributed by atoms with E-state index in [-0.39, 0.29) is 23.8 Å². The fourth-order valence-electron chi connectivity index (χ4n) is 6.05. The topological polar surface area (TPSA) is 119 Å². The number of Topliss-reactive ketones (excluding diaryl/α,β-unsaturated/α-hetero) is 1. The summed E-state index contributed by atoms with van der Waals surface area (Å²) in [5.74, 6) is -2.03. The molecule has 4 aliphatic heterocycles. The van der Waals surface area contributed by atoms with Gasteiger partial charge in [0.15, 0.2) is 17.3 Å². The minimum Gasteiger partial charge on any atom is -0.454 e. The Labute approximate surface area is 215 Å². The lowest BCUT2D eigenvalue weighted by Gasteiger charge is -2.35. The van der Waals surface area contributed by atoms with E-state index in [9.17, 15) is 24.5 Å². The summed E-state index contributed by atoms with van der Waals surface area (Å²) in [5, 5.41) is 11.1. The second-order valence-electron chi connectivity index (χ2n) is 9.55. The molecule has 0 aliphatic carbocycles. The minimum absolute atomic E-state index is 0.0535. The highest BCUT2D eigenvalue weighted by atomic mass is 16.7. The molecule has 3 aromatic rings. The van der Waals surface area contributed by atoms with Gasteiger partial charge in [-0.25, -0.2) is 4.90 Å². The molecule has 3 aromatic carbocycles. The number of fused-ring (bicyclic) bond motifs is 6. The number of rotatable bonds is 4. The normalized spacial score (nSPS) is 24.3. The van der Waals surface area contributed by atoms with Crippen LogP contribution in [0.1, 0.15) is 27.5 Å². The first kappa shape index (κ1) is 22.2. The number of hydrogen-bond acceptors (Lipinski definition) is 8. The molecule has 4 heterocycles. The van der Waals surface area contributed by atoms with Crippen molar-refractivity contribution in [1.82, 2.24) is 4.90 Å². The molecule has 38 heavy (non-hydrogen) atoms. The number of nitro benzene ring substituents is 1. The molecule has 7 rings (SSSR count). The van der Waals surface area contributed by atoms with Crippen LogP contribution in [0.25, 0.3) is 6.08 Å². The Hall–Kier alpha value is -4.99. The summed E-state index contributed by atoms with van der Waals surface area (Å²) in [6.07, 6.45) is 3.64. The van der Waals surface area contributed by atoms with Crippen LogP contribution in [0.2, 0.25) is 0 Å². The third-order valence-corrected chi connectivity index (χ3v) is 7.71. The Bertz CT molecular complexity index is 1580. The zero-order valence-electron chi connectivity index (χ0n) is 19.7. The summed E-state index contributed by atoms with van der Waals surface area (Å²) in [5.41, 5.74) is 2.22. The van der Waals surface area contributed by atoms with E-state index in [4.69, 9.17) is 9.47 Å². The molecule has 0 spiro atoms. The first-order chi connectivity index (χ1) is 18.4. The average Bonchev–Trinajstić information content (AvgIpc) is 3.61. The van der Waals surface area contributed by atoms with Crippen LogP contribution in [0, 0.1) is 22.0 Å². The Balaban J connectivity index is 1.34. The van der Waals surface area contributed by atoms with E-state index in [1.165, 1.54) is 24.3 Å². The molecule has 10 nitrogen and oxygen atoms in total. The summed E-state index contributed by atoms with van der Waals surface area (Å²) in [6.45, 7) is 0.0535.